The Morgan fingerprint density at radius 2 is 1.83 bits per heavy atom. The number of pyridine rings is 1. The number of alkyl halides is 3. The number of aromatic amines is 1. The summed E-state index contributed by atoms with van der Waals surface area (Å²) in [5, 5.41) is 3.60. The standard InChI is InChI=1S/C20H12F3N5O2/c1-10-13(18-26-16-12(30-18)8-5-9-24-16)19(29)28-17(25-10)14(11-6-3-2-4-7-11)15(27-28)20(21,22)23/h2-9,25H,1H3. The largest absolute Gasteiger partial charge is 0.435 e. The lowest BCUT2D eigenvalue weighted by Gasteiger charge is -2.07. The highest BCUT2D eigenvalue weighted by molar-refractivity contribution is 5.81. The summed E-state index contributed by atoms with van der Waals surface area (Å²) < 4.78 is 47.5. The van der Waals surface area contributed by atoms with Gasteiger partial charge in [0.05, 0.1) is 5.56 Å². The molecular weight excluding hydrogens is 399 g/mol. The summed E-state index contributed by atoms with van der Waals surface area (Å²) in [6, 6.07) is 11.3. The Kier molecular flexibility index (Phi) is 3.79. The molecule has 0 saturated carbocycles. The minimum atomic E-state index is -4.76. The maximum absolute atomic E-state index is 13.7. The van der Waals surface area contributed by atoms with Crippen LogP contribution >= 0.6 is 0 Å². The number of nitrogens with one attached hydrogen (secondary N) is 1. The zero-order chi connectivity index (χ0) is 21.0. The van der Waals surface area contributed by atoms with Crippen LogP contribution in [0.4, 0.5) is 13.2 Å². The molecular formula is C20H12F3N5O2. The number of halogens is 3. The molecule has 0 amide bonds. The predicted octanol–water partition coefficient (Wildman–Crippen LogP) is 4.22. The second-order valence-electron chi connectivity index (χ2n) is 6.62. The molecule has 150 valence electrons. The molecule has 0 aliphatic heterocycles. The third-order valence-corrected chi connectivity index (χ3v) is 4.68. The SMILES string of the molecule is Cc1[nH]c2c(-c3ccccc3)c(C(F)(F)F)nn2c(=O)c1-c1nc2ncccc2o1. The van der Waals surface area contributed by atoms with Crippen molar-refractivity contribution >= 4 is 16.9 Å². The van der Waals surface area contributed by atoms with Crippen molar-refractivity contribution in [3.05, 3.63) is 70.4 Å². The minimum absolute atomic E-state index is 0.0173. The molecule has 0 aliphatic carbocycles. The molecule has 0 radical (unpaired) electrons. The van der Waals surface area contributed by atoms with Crippen LogP contribution in [0.25, 0.3) is 39.5 Å². The fraction of sp³-hybridized carbons (Fsp3) is 0.100. The average Bonchev–Trinajstić information content (AvgIpc) is 3.30. The van der Waals surface area contributed by atoms with Gasteiger partial charge in [-0.25, -0.2) is 4.98 Å². The lowest BCUT2D eigenvalue weighted by Crippen LogP contribution is -2.20. The number of rotatable bonds is 2. The van der Waals surface area contributed by atoms with E-state index in [-0.39, 0.29) is 33.9 Å². The van der Waals surface area contributed by atoms with Gasteiger partial charge >= 0.3 is 6.18 Å². The molecule has 0 unspecified atom stereocenters. The molecule has 10 heteroatoms. The van der Waals surface area contributed by atoms with Gasteiger partial charge in [0.15, 0.2) is 16.9 Å². The predicted molar refractivity (Wildman–Crippen MR) is 102 cm³/mol. The van der Waals surface area contributed by atoms with Gasteiger partial charge in [-0.2, -0.15) is 27.8 Å². The molecule has 7 nitrogen and oxygen atoms in total. The molecule has 30 heavy (non-hydrogen) atoms. The monoisotopic (exact) mass is 411 g/mol. The van der Waals surface area contributed by atoms with Crippen molar-refractivity contribution in [2.45, 2.75) is 13.1 Å². The Morgan fingerprint density at radius 1 is 1.07 bits per heavy atom. The summed E-state index contributed by atoms with van der Waals surface area (Å²) in [7, 11) is 0. The molecule has 0 aliphatic rings. The Bertz CT molecular complexity index is 1430. The van der Waals surface area contributed by atoms with Crippen LogP contribution in [0.1, 0.15) is 11.4 Å². The highest BCUT2D eigenvalue weighted by Gasteiger charge is 2.39. The van der Waals surface area contributed by atoms with Crippen LogP contribution in [0.5, 0.6) is 0 Å². The number of aromatic nitrogens is 5. The van der Waals surface area contributed by atoms with E-state index in [0.29, 0.717) is 15.8 Å². The molecule has 0 spiro atoms. The second kappa shape index (κ2) is 6.28. The summed E-state index contributed by atoms with van der Waals surface area (Å²) >= 11 is 0. The van der Waals surface area contributed by atoms with Crippen LogP contribution in [0, 0.1) is 6.92 Å². The Hall–Kier alpha value is -3.95. The van der Waals surface area contributed by atoms with E-state index >= 15 is 0 Å². The van der Waals surface area contributed by atoms with Crippen LogP contribution in [-0.2, 0) is 6.18 Å². The van der Waals surface area contributed by atoms with Crippen LogP contribution < -0.4 is 5.56 Å². The van der Waals surface area contributed by atoms with Gasteiger partial charge in [0.2, 0.25) is 5.89 Å². The smallest absolute Gasteiger partial charge is 0.434 e. The van der Waals surface area contributed by atoms with Crippen molar-refractivity contribution in [3.63, 3.8) is 0 Å². The lowest BCUT2D eigenvalue weighted by atomic mass is 10.1. The summed E-state index contributed by atoms with van der Waals surface area (Å²) in [5.41, 5.74) is -0.989. The molecule has 0 atom stereocenters. The summed E-state index contributed by atoms with van der Waals surface area (Å²) in [5.74, 6) is -0.0466. The topological polar surface area (TPSA) is 89.1 Å². The van der Waals surface area contributed by atoms with Crippen LogP contribution in [0.2, 0.25) is 0 Å². The Morgan fingerprint density at radius 3 is 2.53 bits per heavy atom. The number of hydrogen-bond acceptors (Lipinski definition) is 5. The van der Waals surface area contributed by atoms with Gasteiger partial charge in [0, 0.05) is 11.9 Å². The van der Waals surface area contributed by atoms with Crippen molar-refractivity contribution in [1.29, 1.82) is 0 Å². The molecule has 4 aromatic heterocycles. The molecule has 1 N–H and O–H groups in total. The maximum atomic E-state index is 13.7. The highest BCUT2D eigenvalue weighted by Crippen LogP contribution is 2.38. The fourth-order valence-electron chi connectivity index (χ4n) is 3.39. The van der Waals surface area contributed by atoms with Crippen LogP contribution in [0.3, 0.4) is 0 Å². The first-order chi connectivity index (χ1) is 14.3. The first-order valence-corrected chi connectivity index (χ1v) is 8.85. The summed E-state index contributed by atoms with van der Waals surface area (Å²) in [6.07, 6.45) is -3.24. The zero-order valence-corrected chi connectivity index (χ0v) is 15.4. The minimum Gasteiger partial charge on any atom is -0.434 e. The third-order valence-electron chi connectivity index (χ3n) is 4.68. The lowest BCUT2D eigenvalue weighted by molar-refractivity contribution is -0.140. The van der Waals surface area contributed by atoms with Gasteiger partial charge in [-0.15, -0.1) is 0 Å². The number of benzene rings is 1. The van der Waals surface area contributed by atoms with Gasteiger partial charge in [-0.3, -0.25) is 4.79 Å². The van der Waals surface area contributed by atoms with E-state index < -0.39 is 17.4 Å². The average molecular weight is 411 g/mol. The molecule has 0 saturated heterocycles. The van der Waals surface area contributed by atoms with Crippen molar-refractivity contribution in [2.24, 2.45) is 0 Å². The van der Waals surface area contributed by atoms with Crippen molar-refractivity contribution in [2.75, 3.05) is 0 Å². The number of H-pyrrole nitrogens is 1. The van der Waals surface area contributed by atoms with E-state index in [4.69, 9.17) is 4.42 Å². The zero-order valence-electron chi connectivity index (χ0n) is 15.4. The number of hydrogen-bond donors (Lipinski definition) is 1. The van der Waals surface area contributed by atoms with E-state index in [0.717, 1.165) is 0 Å². The molecule has 0 bridgehead atoms. The number of aryl methyl sites for hydroxylation is 1. The summed E-state index contributed by atoms with van der Waals surface area (Å²) in [6.45, 7) is 1.56. The first-order valence-electron chi connectivity index (χ1n) is 8.85. The summed E-state index contributed by atoms with van der Waals surface area (Å²) in [4.78, 5) is 24.3. The molecule has 5 rings (SSSR count). The van der Waals surface area contributed by atoms with Gasteiger partial charge in [0.1, 0.15) is 11.2 Å². The second-order valence-corrected chi connectivity index (χ2v) is 6.62. The fourth-order valence-corrected chi connectivity index (χ4v) is 3.39. The molecule has 0 fully saturated rings. The van der Waals surface area contributed by atoms with Gasteiger partial charge in [0.25, 0.3) is 5.56 Å². The van der Waals surface area contributed by atoms with E-state index in [2.05, 4.69) is 20.1 Å². The first kappa shape index (κ1) is 18.1. The van der Waals surface area contributed by atoms with Crippen LogP contribution in [-0.4, -0.2) is 24.6 Å². The molecule has 5 aromatic rings. The molecule has 1 aromatic carbocycles. The van der Waals surface area contributed by atoms with E-state index in [9.17, 15) is 18.0 Å². The highest BCUT2D eigenvalue weighted by atomic mass is 19.4. The van der Waals surface area contributed by atoms with Crippen LogP contribution in [0.15, 0.2) is 57.9 Å². The van der Waals surface area contributed by atoms with Gasteiger partial charge in [-0.05, 0) is 24.6 Å². The Balaban J connectivity index is 1.84. The number of fused-ring (bicyclic) bond motifs is 2. The van der Waals surface area contributed by atoms with E-state index in [1.54, 1.807) is 37.3 Å². The normalized spacial score (nSPS) is 12.1. The van der Waals surface area contributed by atoms with E-state index in [1.807, 2.05) is 0 Å². The quantitative estimate of drug-likeness (QED) is 0.470. The van der Waals surface area contributed by atoms with Gasteiger partial charge < -0.3 is 9.40 Å². The molecule has 4 heterocycles. The van der Waals surface area contributed by atoms with Crippen molar-refractivity contribution in [3.8, 4) is 22.6 Å². The Labute approximate surface area is 165 Å². The van der Waals surface area contributed by atoms with Gasteiger partial charge in [-0.1, -0.05) is 30.3 Å². The number of nitrogens with zero attached hydrogens (tertiary/aromatic N) is 4. The third kappa shape index (κ3) is 2.68. The van der Waals surface area contributed by atoms with Crippen molar-refractivity contribution < 1.29 is 17.6 Å². The van der Waals surface area contributed by atoms with E-state index in [1.165, 1.54) is 18.3 Å². The number of oxazole rings is 1. The maximum Gasteiger partial charge on any atom is 0.435 e. The van der Waals surface area contributed by atoms with Crippen molar-refractivity contribution in [1.82, 2.24) is 24.6 Å².